The summed E-state index contributed by atoms with van der Waals surface area (Å²) in [5, 5.41) is 12.1. The molecule has 2 saturated heterocycles. The summed E-state index contributed by atoms with van der Waals surface area (Å²) in [6, 6.07) is 15.0. The summed E-state index contributed by atoms with van der Waals surface area (Å²) in [5.41, 5.74) is 3.53. The van der Waals surface area contributed by atoms with Gasteiger partial charge in [-0.3, -0.25) is 19.2 Å². The third-order valence-corrected chi connectivity index (χ3v) is 10.9. The van der Waals surface area contributed by atoms with Gasteiger partial charge in [-0.1, -0.05) is 53.1 Å². The van der Waals surface area contributed by atoms with Crippen molar-refractivity contribution < 1.29 is 29.0 Å². The van der Waals surface area contributed by atoms with Crippen LogP contribution in [0.1, 0.15) is 35.4 Å². The number of phenols is 1. The van der Waals surface area contributed by atoms with Crippen LogP contribution in [0, 0.1) is 43.4 Å². The molecule has 3 aromatic carbocycles. The van der Waals surface area contributed by atoms with Crippen LogP contribution >= 0.6 is 23.2 Å². The molecule has 7 rings (SSSR count). The summed E-state index contributed by atoms with van der Waals surface area (Å²) in [5.74, 6) is -5.54. The largest absolute Gasteiger partial charge is 0.508 e. The van der Waals surface area contributed by atoms with Gasteiger partial charge in [0.05, 0.1) is 42.2 Å². The van der Waals surface area contributed by atoms with E-state index < -0.39 is 47.3 Å². The van der Waals surface area contributed by atoms with Gasteiger partial charge in [0.2, 0.25) is 23.6 Å². The Bertz CT molecular complexity index is 1850. The van der Waals surface area contributed by atoms with E-state index in [2.05, 4.69) is 0 Å². The van der Waals surface area contributed by atoms with Crippen LogP contribution in [0.25, 0.3) is 0 Å². The molecule has 2 aliphatic carbocycles. The molecule has 6 atom stereocenters. The quantitative estimate of drug-likeness (QED) is 0.261. The molecule has 1 N–H and O–H groups in total. The predicted molar refractivity (Wildman–Crippen MR) is 170 cm³/mol. The maximum atomic E-state index is 14.3. The Labute approximate surface area is 270 Å². The lowest BCUT2D eigenvalue weighted by atomic mass is 9.57. The molecule has 2 heterocycles. The van der Waals surface area contributed by atoms with E-state index in [9.17, 15) is 24.3 Å². The van der Waals surface area contributed by atoms with E-state index in [4.69, 9.17) is 27.9 Å². The van der Waals surface area contributed by atoms with Crippen LogP contribution in [0.15, 0.2) is 66.2 Å². The summed E-state index contributed by atoms with van der Waals surface area (Å²) in [7, 11) is 1.48. The van der Waals surface area contributed by atoms with E-state index in [0.717, 1.165) is 16.7 Å². The van der Waals surface area contributed by atoms with Gasteiger partial charge >= 0.3 is 0 Å². The van der Waals surface area contributed by atoms with Crippen LogP contribution < -0.4 is 14.5 Å². The van der Waals surface area contributed by atoms with Crippen molar-refractivity contribution >= 4 is 58.2 Å². The zero-order valence-corrected chi connectivity index (χ0v) is 26.3. The van der Waals surface area contributed by atoms with Crippen molar-refractivity contribution in [2.45, 2.75) is 32.6 Å². The molecule has 4 aliphatic rings. The molecule has 0 bridgehead atoms. The van der Waals surface area contributed by atoms with Gasteiger partial charge in [-0.2, -0.15) is 0 Å². The van der Waals surface area contributed by atoms with E-state index in [1.165, 1.54) is 23.0 Å². The number of allylic oxidation sites excluding steroid dienone is 2. The number of hydrogen-bond acceptors (Lipinski definition) is 6. The molecule has 4 amide bonds. The average Bonchev–Trinajstić information content (AvgIpc) is 3.42. The first-order valence-corrected chi connectivity index (χ1v) is 15.6. The fraction of sp³-hybridized carbons (Fsp3) is 0.314. The van der Waals surface area contributed by atoms with Gasteiger partial charge in [0, 0.05) is 21.5 Å². The first-order valence-electron chi connectivity index (χ1n) is 14.9. The fourth-order valence-corrected chi connectivity index (χ4v) is 8.23. The number of amides is 4. The molecule has 45 heavy (non-hydrogen) atoms. The van der Waals surface area contributed by atoms with E-state index in [1.54, 1.807) is 48.5 Å². The summed E-state index contributed by atoms with van der Waals surface area (Å²) in [6.07, 6.45) is 2.41. The molecule has 2 aliphatic heterocycles. The molecule has 0 radical (unpaired) electrons. The SMILES string of the molecule is COc1cccc(O)c1C1C2=CCC3C(=O)N(c4ccc(C)c(Cl)c4)C(=O)C3C2CC2C(=O)N(c3ccc(C)c(Cl)c3)C(=O)C21. The Balaban J connectivity index is 1.36. The summed E-state index contributed by atoms with van der Waals surface area (Å²) < 4.78 is 5.67. The van der Waals surface area contributed by atoms with Crippen molar-refractivity contribution in [3.63, 3.8) is 0 Å². The maximum Gasteiger partial charge on any atom is 0.238 e. The zero-order valence-electron chi connectivity index (χ0n) is 24.8. The molecule has 3 fully saturated rings. The average molecular weight is 646 g/mol. The highest BCUT2D eigenvalue weighted by Crippen LogP contribution is 2.60. The molecule has 3 aromatic rings. The number of aromatic hydroxyl groups is 1. The molecular weight excluding hydrogens is 615 g/mol. The molecule has 6 unspecified atom stereocenters. The van der Waals surface area contributed by atoms with Gasteiger partial charge in [-0.05, 0) is 80.1 Å². The number of rotatable bonds is 4. The number of carbonyl (C=O) groups is 4. The van der Waals surface area contributed by atoms with Crippen molar-refractivity contribution in [3.05, 3.63) is 93.0 Å². The van der Waals surface area contributed by atoms with Crippen LogP contribution in [0.3, 0.4) is 0 Å². The van der Waals surface area contributed by atoms with Gasteiger partial charge in [0.1, 0.15) is 11.5 Å². The normalized spacial score (nSPS) is 27.4. The minimum atomic E-state index is -0.863. The van der Waals surface area contributed by atoms with E-state index in [-0.39, 0.29) is 30.4 Å². The van der Waals surface area contributed by atoms with Crippen LogP contribution in [0.2, 0.25) is 10.0 Å². The Kier molecular flexibility index (Phi) is 7.06. The van der Waals surface area contributed by atoms with Crippen LogP contribution in [-0.4, -0.2) is 35.8 Å². The van der Waals surface area contributed by atoms with Crippen LogP contribution in [0.5, 0.6) is 11.5 Å². The molecule has 10 heteroatoms. The van der Waals surface area contributed by atoms with Crippen molar-refractivity contribution in [1.82, 2.24) is 0 Å². The number of imide groups is 2. The molecule has 8 nitrogen and oxygen atoms in total. The Morgan fingerprint density at radius 3 is 1.91 bits per heavy atom. The predicted octanol–water partition coefficient (Wildman–Crippen LogP) is 6.37. The summed E-state index contributed by atoms with van der Waals surface area (Å²) in [4.78, 5) is 58.9. The number of ether oxygens (including phenoxy) is 1. The highest BCUT2D eigenvalue weighted by molar-refractivity contribution is 6.33. The van der Waals surface area contributed by atoms with Gasteiger partial charge in [0.15, 0.2) is 0 Å². The molecule has 230 valence electrons. The lowest BCUT2D eigenvalue weighted by molar-refractivity contribution is -0.126. The standard InChI is InChI=1S/C35H30Cl2N2O6/c1-16-7-9-18(13-24(16)36)38-32(41)21-12-11-20-22(28(21)34(38)43)15-23-30(29(20)31-26(40)5-4-6-27(31)45-3)35(44)39(33(23)42)19-10-8-17(2)25(37)14-19/h4-11,13-14,21-23,28-30,40H,12,15H2,1-3H3. The second-order valence-corrected chi connectivity index (χ2v) is 13.1. The number of phenolic OH excluding ortho intramolecular Hbond substituents is 1. The summed E-state index contributed by atoms with van der Waals surface area (Å²) in [6.45, 7) is 3.68. The Morgan fingerprint density at radius 1 is 0.756 bits per heavy atom. The molecule has 1 saturated carbocycles. The fourth-order valence-electron chi connectivity index (χ4n) is 7.88. The number of methoxy groups -OCH3 is 1. The third-order valence-electron chi connectivity index (χ3n) is 10.0. The molecular formula is C35H30Cl2N2O6. The van der Waals surface area contributed by atoms with Crippen molar-refractivity contribution in [2.75, 3.05) is 16.9 Å². The Morgan fingerprint density at radius 2 is 1.33 bits per heavy atom. The minimum Gasteiger partial charge on any atom is -0.508 e. The topological polar surface area (TPSA) is 104 Å². The molecule has 0 aromatic heterocycles. The highest BCUT2D eigenvalue weighted by atomic mass is 35.5. The van der Waals surface area contributed by atoms with Gasteiger partial charge in [-0.15, -0.1) is 0 Å². The first kappa shape index (κ1) is 29.6. The number of fused-ring (bicyclic) bond motifs is 4. The van der Waals surface area contributed by atoms with Crippen molar-refractivity contribution in [1.29, 1.82) is 0 Å². The highest BCUT2D eigenvalue weighted by Gasteiger charge is 2.63. The number of aryl methyl sites for hydroxylation is 2. The minimum absolute atomic E-state index is 0.0800. The first-order chi connectivity index (χ1) is 21.5. The van der Waals surface area contributed by atoms with Crippen molar-refractivity contribution in [3.8, 4) is 11.5 Å². The number of anilines is 2. The lowest BCUT2D eigenvalue weighted by Gasteiger charge is -2.44. The van der Waals surface area contributed by atoms with Crippen LogP contribution in [-0.2, 0) is 19.2 Å². The number of carbonyl (C=O) groups excluding carboxylic acids is 4. The van der Waals surface area contributed by atoms with Gasteiger partial charge in [0.25, 0.3) is 0 Å². The second kappa shape index (κ2) is 10.7. The van der Waals surface area contributed by atoms with Gasteiger partial charge in [-0.25, -0.2) is 9.80 Å². The van der Waals surface area contributed by atoms with Crippen molar-refractivity contribution in [2.24, 2.45) is 29.6 Å². The molecule has 0 spiro atoms. The number of hydrogen-bond donors (Lipinski definition) is 1. The number of benzene rings is 3. The second-order valence-electron chi connectivity index (χ2n) is 12.3. The zero-order chi connectivity index (χ0) is 31.9. The Hall–Kier alpha value is -4.14. The lowest BCUT2D eigenvalue weighted by Crippen LogP contribution is -2.43. The maximum absolute atomic E-state index is 14.3. The van der Waals surface area contributed by atoms with E-state index >= 15 is 0 Å². The number of nitrogens with zero attached hydrogens (tertiary/aromatic N) is 2. The van der Waals surface area contributed by atoms with Crippen LogP contribution in [0.4, 0.5) is 11.4 Å². The van der Waals surface area contributed by atoms with E-state index in [1.807, 2.05) is 19.9 Å². The van der Waals surface area contributed by atoms with E-state index in [0.29, 0.717) is 32.7 Å². The van der Waals surface area contributed by atoms with Gasteiger partial charge < -0.3 is 9.84 Å². The summed E-state index contributed by atoms with van der Waals surface area (Å²) >= 11 is 12.8. The number of halogens is 2. The third kappa shape index (κ3) is 4.33. The monoisotopic (exact) mass is 644 g/mol. The smallest absolute Gasteiger partial charge is 0.238 e.